The number of anilines is 1. The molecule has 2 aliphatic heterocycles. The fraction of sp³-hybridized carbons (Fsp3) is 0.250. The number of rotatable bonds is 3. The largest absolute Gasteiger partial charge is 0.486 e. The topological polar surface area (TPSA) is 77.7 Å². The molecule has 1 saturated heterocycles. The van der Waals surface area contributed by atoms with Crippen LogP contribution in [-0.4, -0.2) is 35.8 Å². The van der Waals surface area contributed by atoms with Crippen molar-refractivity contribution in [2.75, 3.05) is 24.7 Å². The van der Waals surface area contributed by atoms with E-state index in [4.69, 9.17) is 14.0 Å². The Bertz CT molecular complexity index is 1050. The number of amides is 1. The molecule has 0 aliphatic carbocycles. The number of benzene rings is 2. The summed E-state index contributed by atoms with van der Waals surface area (Å²) in [7, 11) is 0. The van der Waals surface area contributed by atoms with Gasteiger partial charge in [-0.25, -0.2) is 4.39 Å². The maximum absolute atomic E-state index is 13.9. The number of carbonyl (C=O) groups excluding carboxylic acids is 1. The molecule has 0 spiro atoms. The molecule has 5 rings (SSSR count). The Hall–Kier alpha value is -3.42. The Morgan fingerprint density at radius 1 is 1.07 bits per heavy atom. The second kappa shape index (κ2) is 6.63. The molecule has 0 unspecified atom stereocenters. The second-order valence-electron chi connectivity index (χ2n) is 6.67. The van der Waals surface area contributed by atoms with Crippen molar-refractivity contribution in [2.24, 2.45) is 0 Å². The highest BCUT2D eigenvalue weighted by atomic mass is 19.1. The number of carbonyl (C=O) groups is 1. The SMILES string of the molecule is O=C1C[C@@H](c2nc(-c3ccccc3F)no2)CN1c1ccc2c(c1)OCCO2. The van der Waals surface area contributed by atoms with Gasteiger partial charge in [0.2, 0.25) is 17.6 Å². The van der Waals surface area contributed by atoms with E-state index in [2.05, 4.69) is 10.1 Å². The van der Waals surface area contributed by atoms with Crippen molar-refractivity contribution in [1.29, 1.82) is 0 Å². The van der Waals surface area contributed by atoms with Crippen molar-refractivity contribution < 1.29 is 23.2 Å². The van der Waals surface area contributed by atoms with Crippen LogP contribution < -0.4 is 14.4 Å². The summed E-state index contributed by atoms with van der Waals surface area (Å²) in [4.78, 5) is 18.5. The Balaban J connectivity index is 1.38. The van der Waals surface area contributed by atoms with Gasteiger partial charge in [-0.15, -0.1) is 0 Å². The van der Waals surface area contributed by atoms with E-state index in [-0.39, 0.29) is 29.6 Å². The summed E-state index contributed by atoms with van der Waals surface area (Å²) < 4.78 is 30.4. The van der Waals surface area contributed by atoms with Gasteiger partial charge in [0.15, 0.2) is 11.5 Å². The van der Waals surface area contributed by atoms with Gasteiger partial charge >= 0.3 is 0 Å². The van der Waals surface area contributed by atoms with Crippen LogP contribution in [0.2, 0.25) is 0 Å². The third-order valence-electron chi connectivity index (χ3n) is 4.87. The fourth-order valence-corrected chi connectivity index (χ4v) is 3.48. The summed E-state index contributed by atoms with van der Waals surface area (Å²) in [6.45, 7) is 1.39. The molecule has 28 heavy (non-hydrogen) atoms. The number of hydrogen-bond acceptors (Lipinski definition) is 6. The van der Waals surface area contributed by atoms with Gasteiger partial charge in [-0.2, -0.15) is 4.98 Å². The average molecular weight is 381 g/mol. The average Bonchev–Trinajstić information content (AvgIpc) is 3.35. The van der Waals surface area contributed by atoms with Gasteiger partial charge in [-0.05, 0) is 24.3 Å². The van der Waals surface area contributed by atoms with E-state index in [0.29, 0.717) is 37.1 Å². The first-order valence-corrected chi connectivity index (χ1v) is 8.97. The Kier molecular flexibility index (Phi) is 3.96. The van der Waals surface area contributed by atoms with Crippen molar-refractivity contribution in [3.63, 3.8) is 0 Å². The summed E-state index contributed by atoms with van der Waals surface area (Å²) >= 11 is 0. The van der Waals surface area contributed by atoms with Gasteiger partial charge in [0.05, 0.1) is 11.5 Å². The highest BCUT2D eigenvalue weighted by molar-refractivity contribution is 5.96. The summed E-state index contributed by atoms with van der Waals surface area (Å²) in [6, 6.07) is 11.7. The van der Waals surface area contributed by atoms with Crippen molar-refractivity contribution >= 4 is 11.6 Å². The molecule has 2 aliphatic rings. The predicted octanol–water partition coefficient (Wildman–Crippen LogP) is 3.17. The third kappa shape index (κ3) is 2.87. The second-order valence-corrected chi connectivity index (χ2v) is 6.67. The highest BCUT2D eigenvalue weighted by Crippen LogP contribution is 2.37. The minimum atomic E-state index is -0.421. The Labute approximate surface area is 159 Å². The molecular formula is C20H16FN3O4. The molecular weight excluding hydrogens is 365 g/mol. The van der Waals surface area contributed by atoms with Crippen LogP contribution in [0.4, 0.5) is 10.1 Å². The quantitative estimate of drug-likeness (QED) is 0.694. The van der Waals surface area contributed by atoms with E-state index in [1.807, 2.05) is 6.07 Å². The minimum Gasteiger partial charge on any atom is -0.486 e. The van der Waals surface area contributed by atoms with Crippen LogP contribution in [0.5, 0.6) is 11.5 Å². The van der Waals surface area contributed by atoms with Crippen molar-refractivity contribution in [3.8, 4) is 22.9 Å². The van der Waals surface area contributed by atoms with E-state index >= 15 is 0 Å². The van der Waals surface area contributed by atoms with Gasteiger partial charge in [-0.1, -0.05) is 17.3 Å². The van der Waals surface area contributed by atoms with Gasteiger partial charge in [-0.3, -0.25) is 4.79 Å². The van der Waals surface area contributed by atoms with Crippen LogP contribution in [0.1, 0.15) is 18.2 Å². The molecule has 1 amide bonds. The standard InChI is InChI=1S/C20H16FN3O4/c21-15-4-2-1-3-14(15)19-22-20(28-23-19)12-9-18(25)24(11-12)13-5-6-16-17(10-13)27-8-7-26-16/h1-6,10,12H,7-9,11H2/t12-/m1/s1. The number of ether oxygens (including phenoxy) is 2. The maximum Gasteiger partial charge on any atom is 0.232 e. The lowest BCUT2D eigenvalue weighted by Crippen LogP contribution is -2.24. The first-order chi connectivity index (χ1) is 13.7. The van der Waals surface area contributed by atoms with Crippen molar-refractivity contribution in [3.05, 3.63) is 54.2 Å². The molecule has 142 valence electrons. The molecule has 0 bridgehead atoms. The minimum absolute atomic E-state index is 0.0488. The van der Waals surface area contributed by atoms with Gasteiger partial charge in [0.25, 0.3) is 0 Å². The lowest BCUT2D eigenvalue weighted by atomic mass is 10.1. The number of fused-ring (bicyclic) bond motifs is 1. The van der Waals surface area contributed by atoms with E-state index < -0.39 is 5.82 Å². The molecule has 0 saturated carbocycles. The summed E-state index contributed by atoms with van der Waals surface area (Å²) in [5.74, 6) is 1.07. The summed E-state index contributed by atoms with van der Waals surface area (Å²) in [5, 5.41) is 3.88. The smallest absolute Gasteiger partial charge is 0.232 e. The molecule has 3 heterocycles. The van der Waals surface area contributed by atoms with Gasteiger partial charge < -0.3 is 18.9 Å². The van der Waals surface area contributed by atoms with Crippen LogP contribution >= 0.6 is 0 Å². The van der Waals surface area contributed by atoms with Gasteiger partial charge in [0.1, 0.15) is 19.0 Å². The van der Waals surface area contributed by atoms with Gasteiger partial charge in [0, 0.05) is 24.7 Å². The molecule has 0 N–H and O–H groups in total. The molecule has 1 fully saturated rings. The number of aromatic nitrogens is 2. The molecule has 2 aromatic carbocycles. The van der Waals surface area contributed by atoms with Crippen molar-refractivity contribution in [2.45, 2.75) is 12.3 Å². The number of hydrogen-bond donors (Lipinski definition) is 0. The van der Waals surface area contributed by atoms with E-state index in [1.54, 1.807) is 35.2 Å². The van der Waals surface area contributed by atoms with Crippen LogP contribution in [0, 0.1) is 5.82 Å². The lowest BCUT2D eigenvalue weighted by molar-refractivity contribution is -0.117. The molecule has 1 atom stereocenters. The zero-order valence-corrected chi connectivity index (χ0v) is 14.8. The predicted molar refractivity (Wildman–Crippen MR) is 96.8 cm³/mol. The van der Waals surface area contributed by atoms with Crippen LogP contribution in [0.3, 0.4) is 0 Å². The maximum atomic E-state index is 13.9. The van der Waals surface area contributed by atoms with Crippen LogP contribution in [0.15, 0.2) is 47.0 Å². The Morgan fingerprint density at radius 3 is 2.75 bits per heavy atom. The first-order valence-electron chi connectivity index (χ1n) is 8.97. The summed E-state index contributed by atoms with van der Waals surface area (Å²) in [5.41, 5.74) is 0.996. The van der Waals surface area contributed by atoms with Crippen LogP contribution in [-0.2, 0) is 4.79 Å². The monoisotopic (exact) mass is 381 g/mol. The number of halogens is 1. The molecule has 7 nitrogen and oxygen atoms in total. The summed E-state index contributed by atoms with van der Waals surface area (Å²) in [6.07, 6.45) is 0.243. The zero-order chi connectivity index (χ0) is 19.1. The Morgan fingerprint density at radius 2 is 1.89 bits per heavy atom. The van der Waals surface area contributed by atoms with E-state index in [1.165, 1.54) is 6.07 Å². The first kappa shape index (κ1) is 16.7. The molecule has 1 aromatic heterocycles. The van der Waals surface area contributed by atoms with E-state index in [0.717, 1.165) is 5.69 Å². The third-order valence-corrected chi connectivity index (χ3v) is 4.87. The molecule has 0 radical (unpaired) electrons. The molecule has 8 heteroatoms. The molecule has 3 aromatic rings. The normalized spacial score (nSPS) is 18.5. The zero-order valence-electron chi connectivity index (χ0n) is 14.8. The number of nitrogens with zero attached hydrogens (tertiary/aromatic N) is 3. The highest BCUT2D eigenvalue weighted by Gasteiger charge is 2.35. The van der Waals surface area contributed by atoms with Crippen LogP contribution in [0.25, 0.3) is 11.4 Å². The lowest BCUT2D eigenvalue weighted by Gasteiger charge is -2.22. The van der Waals surface area contributed by atoms with Crippen molar-refractivity contribution in [1.82, 2.24) is 10.1 Å². The van der Waals surface area contributed by atoms with E-state index in [9.17, 15) is 9.18 Å². The fourth-order valence-electron chi connectivity index (χ4n) is 3.48.